The summed E-state index contributed by atoms with van der Waals surface area (Å²) < 4.78 is 7.72. The Labute approximate surface area is 176 Å². The Morgan fingerprint density at radius 3 is 2.44 bits per heavy atom. The van der Waals surface area contributed by atoms with Crippen molar-refractivity contribution in [2.45, 2.75) is 13.1 Å². The van der Waals surface area contributed by atoms with E-state index in [1.165, 1.54) is 0 Å². The van der Waals surface area contributed by atoms with Gasteiger partial charge >= 0.3 is 0 Å². The first-order chi connectivity index (χ1) is 12.7. The summed E-state index contributed by atoms with van der Waals surface area (Å²) in [6, 6.07) is 19.8. The fourth-order valence-corrected chi connectivity index (χ4v) is 2.50. The van der Waals surface area contributed by atoms with Gasteiger partial charge in [-0.3, -0.25) is 9.67 Å². The van der Waals surface area contributed by atoms with E-state index in [1.54, 1.807) is 13.2 Å². The minimum absolute atomic E-state index is 0. The molecule has 142 valence electrons. The van der Waals surface area contributed by atoms with Gasteiger partial charge in [-0.05, 0) is 35.9 Å². The highest BCUT2D eigenvalue weighted by molar-refractivity contribution is 14.0. The number of nitrogens with zero attached hydrogens (tertiary/aromatic N) is 3. The third-order valence-corrected chi connectivity index (χ3v) is 3.92. The van der Waals surface area contributed by atoms with Crippen LogP contribution in [-0.4, -0.2) is 22.8 Å². The maximum Gasteiger partial charge on any atom is 0.191 e. The van der Waals surface area contributed by atoms with Gasteiger partial charge in [0.05, 0.1) is 12.2 Å². The Morgan fingerprint density at radius 1 is 1.00 bits per heavy atom. The van der Waals surface area contributed by atoms with Crippen LogP contribution >= 0.6 is 24.0 Å². The Morgan fingerprint density at radius 2 is 1.74 bits per heavy atom. The molecule has 0 saturated carbocycles. The zero-order valence-corrected chi connectivity index (χ0v) is 17.8. The molecule has 0 aliphatic carbocycles. The molecule has 1 heterocycles. The lowest BCUT2D eigenvalue weighted by atomic mass is 10.2. The number of rotatable bonds is 6. The predicted molar refractivity (Wildman–Crippen MR) is 119 cm³/mol. The van der Waals surface area contributed by atoms with Gasteiger partial charge < -0.3 is 15.4 Å². The van der Waals surface area contributed by atoms with Crippen LogP contribution < -0.4 is 15.4 Å². The maximum atomic E-state index is 5.88. The first kappa shape index (κ1) is 20.8. The Kier molecular flexibility index (Phi) is 8.12. The number of halogens is 1. The van der Waals surface area contributed by atoms with Gasteiger partial charge in [-0.25, -0.2) is 0 Å². The van der Waals surface area contributed by atoms with E-state index in [4.69, 9.17) is 4.74 Å². The second-order valence-corrected chi connectivity index (χ2v) is 5.79. The van der Waals surface area contributed by atoms with Gasteiger partial charge in [0.2, 0.25) is 0 Å². The van der Waals surface area contributed by atoms with E-state index in [0.29, 0.717) is 13.1 Å². The van der Waals surface area contributed by atoms with E-state index in [9.17, 15) is 0 Å². The lowest BCUT2D eigenvalue weighted by molar-refractivity contribution is 0.482. The van der Waals surface area contributed by atoms with E-state index in [1.807, 2.05) is 66.3 Å². The van der Waals surface area contributed by atoms with E-state index in [-0.39, 0.29) is 24.0 Å². The lowest BCUT2D eigenvalue weighted by Crippen LogP contribution is -2.36. The molecule has 0 unspecified atom stereocenters. The van der Waals surface area contributed by atoms with Gasteiger partial charge in [-0.15, -0.1) is 24.0 Å². The molecule has 6 nitrogen and oxygen atoms in total. The van der Waals surface area contributed by atoms with Crippen LogP contribution in [0.15, 0.2) is 71.9 Å². The molecule has 0 bridgehead atoms. The summed E-state index contributed by atoms with van der Waals surface area (Å²) >= 11 is 0. The highest BCUT2D eigenvalue weighted by atomic mass is 127. The van der Waals surface area contributed by atoms with Crippen molar-refractivity contribution < 1.29 is 4.74 Å². The van der Waals surface area contributed by atoms with E-state index in [0.717, 1.165) is 28.7 Å². The number of aromatic nitrogens is 2. The van der Waals surface area contributed by atoms with Crippen LogP contribution in [-0.2, 0) is 20.1 Å². The van der Waals surface area contributed by atoms with E-state index in [2.05, 4.69) is 26.8 Å². The van der Waals surface area contributed by atoms with Crippen molar-refractivity contribution in [1.29, 1.82) is 0 Å². The summed E-state index contributed by atoms with van der Waals surface area (Å²) in [6.07, 6.45) is 1.78. The molecule has 3 aromatic rings. The molecule has 27 heavy (non-hydrogen) atoms. The average Bonchev–Trinajstić information content (AvgIpc) is 3.08. The quantitative estimate of drug-likeness (QED) is 0.323. The minimum atomic E-state index is 0. The molecule has 0 spiro atoms. The minimum Gasteiger partial charge on any atom is -0.457 e. The number of hydrogen-bond acceptors (Lipinski definition) is 3. The van der Waals surface area contributed by atoms with Crippen molar-refractivity contribution in [3.8, 4) is 11.5 Å². The molecule has 3 rings (SSSR count). The summed E-state index contributed by atoms with van der Waals surface area (Å²) in [4.78, 5) is 4.26. The van der Waals surface area contributed by atoms with Crippen LogP contribution in [0.4, 0.5) is 0 Å². The lowest BCUT2D eigenvalue weighted by Gasteiger charge is -2.13. The third kappa shape index (κ3) is 6.28. The number of hydrogen-bond donors (Lipinski definition) is 2. The standard InChI is InChI=1S/C20H23N5O.HI/c1-21-20(23-15-17-11-12-24-25(17)2)22-14-16-7-6-10-19(13-16)26-18-8-4-3-5-9-18;/h3-13H,14-15H2,1-2H3,(H2,21,22,23);1H. The topological polar surface area (TPSA) is 63.5 Å². The number of benzene rings is 2. The van der Waals surface area contributed by atoms with E-state index >= 15 is 0 Å². The number of aliphatic imine (C=N–C) groups is 1. The smallest absolute Gasteiger partial charge is 0.191 e. The number of ether oxygens (including phenoxy) is 1. The van der Waals surface area contributed by atoms with Crippen LogP contribution in [0, 0.1) is 0 Å². The molecule has 0 fully saturated rings. The number of para-hydroxylation sites is 1. The van der Waals surface area contributed by atoms with Crippen molar-refractivity contribution in [2.24, 2.45) is 12.0 Å². The number of guanidine groups is 1. The van der Waals surface area contributed by atoms with Gasteiger partial charge in [-0.2, -0.15) is 5.10 Å². The fourth-order valence-electron chi connectivity index (χ4n) is 2.50. The molecule has 2 aromatic carbocycles. The molecule has 0 aliphatic rings. The summed E-state index contributed by atoms with van der Waals surface area (Å²) in [7, 11) is 3.68. The number of aryl methyl sites for hydroxylation is 1. The van der Waals surface area contributed by atoms with Crippen LogP contribution in [0.3, 0.4) is 0 Å². The molecule has 1 aromatic heterocycles. The van der Waals surface area contributed by atoms with Gasteiger partial charge in [0.25, 0.3) is 0 Å². The van der Waals surface area contributed by atoms with Crippen molar-refractivity contribution >= 4 is 29.9 Å². The maximum absolute atomic E-state index is 5.88. The highest BCUT2D eigenvalue weighted by Gasteiger charge is 2.03. The molecular weight excluding hydrogens is 453 g/mol. The Hall–Kier alpha value is -2.55. The van der Waals surface area contributed by atoms with Crippen molar-refractivity contribution in [3.63, 3.8) is 0 Å². The second-order valence-electron chi connectivity index (χ2n) is 5.79. The molecular formula is C20H24IN5O. The second kappa shape index (κ2) is 10.6. The molecule has 7 heteroatoms. The Bertz CT molecular complexity index is 864. The molecule has 0 radical (unpaired) electrons. The van der Waals surface area contributed by atoms with Crippen LogP contribution in [0.2, 0.25) is 0 Å². The predicted octanol–water partition coefficient (Wildman–Crippen LogP) is 3.70. The zero-order chi connectivity index (χ0) is 18.2. The largest absolute Gasteiger partial charge is 0.457 e. The number of nitrogens with one attached hydrogen (secondary N) is 2. The Balaban J connectivity index is 0.00000261. The van der Waals surface area contributed by atoms with Crippen molar-refractivity contribution in [1.82, 2.24) is 20.4 Å². The average molecular weight is 477 g/mol. The van der Waals surface area contributed by atoms with Crippen molar-refractivity contribution in [2.75, 3.05) is 7.05 Å². The monoisotopic (exact) mass is 477 g/mol. The van der Waals surface area contributed by atoms with Crippen LogP contribution in [0.25, 0.3) is 0 Å². The summed E-state index contributed by atoms with van der Waals surface area (Å²) in [5, 5.41) is 10.8. The zero-order valence-electron chi connectivity index (χ0n) is 15.4. The highest BCUT2D eigenvalue weighted by Crippen LogP contribution is 2.21. The normalized spacial score (nSPS) is 10.8. The first-order valence-corrected chi connectivity index (χ1v) is 8.48. The summed E-state index contributed by atoms with van der Waals surface area (Å²) in [5.41, 5.74) is 2.20. The van der Waals surface area contributed by atoms with E-state index < -0.39 is 0 Å². The van der Waals surface area contributed by atoms with Gasteiger partial charge in [-0.1, -0.05) is 30.3 Å². The summed E-state index contributed by atoms with van der Waals surface area (Å²) in [5.74, 6) is 2.38. The van der Waals surface area contributed by atoms with Crippen LogP contribution in [0.1, 0.15) is 11.3 Å². The summed E-state index contributed by atoms with van der Waals surface area (Å²) in [6.45, 7) is 1.31. The molecule has 0 saturated heterocycles. The first-order valence-electron chi connectivity index (χ1n) is 8.48. The molecule has 0 aliphatic heterocycles. The van der Waals surface area contributed by atoms with Crippen LogP contribution in [0.5, 0.6) is 11.5 Å². The molecule has 0 amide bonds. The van der Waals surface area contributed by atoms with Gasteiger partial charge in [0.1, 0.15) is 11.5 Å². The van der Waals surface area contributed by atoms with Gasteiger partial charge in [0, 0.05) is 26.8 Å². The molecule has 0 atom stereocenters. The van der Waals surface area contributed by atoms with Gasteiger partial charge in [0.15, 0.2) is 5.96 Å². The molecule has 2 N–H and O–H groups in total. The third-order valence-electron chi connectivity index (χ3n) is 3.92. The fraction of sp³-hybridized carbons (Fsp3) is 0.200. The SMILES string of the molecule is CN=C(NCc1cccc(Oc2ccccc2)c1)NCc1ccnn1C.I. The van der Waals surface area contributed by atoms with Crippen molar-refractivity contribution in [3.05, 3.63) is 78.1 Å².